The first-order valence-corrected chi connectivity index (χ1v) is 4.35. The van der Waals surface area contributed by atoms with E-state index in [1.54, 1.807) is 19.3 Å². The standard InChI is InChI=1S/C11H12ClO/c1-4-8(2)9-5-10(12)7-11(6-9)13-3/h4-8H,1-2H2,3H3. The van der Waals surface area contributed by atoms with Gasteiger partial charge in [0.05, 0.1) is 7.11 Å². The highest BCUT2D eigenvalue weighted by Gasteiger charge is 2.04. The quantitative estimate of drug-likeness (QED) is 0.672. The van der Waals surface area contributed by atoms with Crippen LogP contribution in [0.1, 0.15) is 11.5 Å². The minimum atomic E-state index is 0.0487. The second-order valence-electron chi connectivity index (χ2n) is 2.77. The fraction of sp³-hybridized carbons (Fsp3) is 0.182. The summed E-state index contributed by atoms with van der Waals surface area (Å²) in [5.41, 5.74) is 1.01. The van der Waals surface area contributed by atoms with Crippen molar-refractivity contribution in [3.8, 4) is 5.75 Å². The summed E-state index contributed by atoms with van der Waals surface area (Å²) in [4.78, 5) is 0. The highest BCUT2D eigenvalue weighted by Crippen LogP contribution is 2.25. The molecule has 13 heavy (non-hydrogen) atoms. The number of halogens is 1. The monoisotopic (exact) mass is 195 g/mol. The van der Waals surface area contributed by atoms with E-state index in [0.29, 0.717) is 5.02 Å². The lowest BCUT2D eigenvalue weighted by Gasteiger charge is -2.08. The van der Waals surface area contributed by atoms with Gasteiger partial charge in [-0.05, 0) is 30.7 Å². The zero-order valence-electron chi connectivity index (χ0n) is 7.59. The highest BCUT2D eigenvalue weighted by molar-refractivity contribution is 6.30. The van der Waals surface area contributed by atoms with E-state index in [-0.39, 0.29) is 5.92 Å². The Morgan fingerprint density at radius 3 is 2.69 bits per heavy atom. The normalized spacial score (nSPS) is 12.2. The summed E-state index contributed by atoms with van der Waals surface area (Å²) in [6.07, 6.45) is 1.77. The van der Waals surface area contributed by atoms with Crippen LogP contribution in [0.3, 0.4) is 0 Å². The highest BCUT2D eigenvalue weighted by atomic mass is 35.5. The Labute approximate surface area is 84.0 Å². The molecular weight excluding hydrogens is 184 g/mol. The van der Waals surface area contributed by atoms with Crippen molar-refractivity contribution in [3.63, 3.8) is 0 Å². The molecule has 0 aliphatic heterocycles. The zero-order valence-corrected chi connectivity index (χ0v) is 8.34. The zero-order chi connectivity index (χ0) is 9.84. The van der Waals surface area contributed by atoms with E-state index in [0.717, 1.165) is 11.3 Å². The number of methoxy groups -OCH3 is 1. The summed E-state index contributed by atoms with van der Waals surface area (Å²) in [7, 11) is 1.61. The van der Waals surface area contributed by atoms with Gasteiger partial charge in [0.15, 0.2) is 0 Å². The Morgan fingerprint density at radius 1 is 1.46 bits per heavy atom. The SMILES string of the molecule is [CH2]C(C=C)c1cc(Cl)cc(OC)c1. The molecule has 2 heteroatoms. The maximum Gasteiger partial charge on any atom is 0.120 e. The topological polar surface area (TPSA) is 9.23 Å². The average molecular weight is 196 g/mol. The van der Waals surface area contributed by atoms with Crippen molar-refractivity contribution < 1.29 is 4.74 Å². The third-order valence-electron chi connectivity index (χ3n) is 1.84. The lowest BCUT2D eigenvalue weighted by molar-refractivity contribution is 0.414. The van der Waals surface area contributed by atoms with E-state index < -0.39 is 0 Å². The molecule has 69 valence electrons. The third kappa shape index (κ3) is 2.49. The maximum absolute atomic E-state index is 5.89. The summed E-state index contributed by atoms with van der Waals surface area (Å²) in [6.45, 7) is 7.59. The van der Waals surface area contributed by atoms with Crippen molar-refractivity contribution in [2.45, 2.75) is 5.92 Å². The van der Waals surface area contributed by atoms with Crippen molar-refractivity contribution in [1.82, 2.24) is 0 Å². The summed E-state index contributed by atoms with van der Waals surface area (Å²) >= 11 is 5.89. The average Bonchev–Trinajstić information content (AvgIpc) is 2.15. The number of allylic oxidation sites excluding steroid dienone is 1. The van der Waals surface area contributed by atoms with Gasteiger partial charge in [-0.15, -0.1) is 6.58 Å². The van der Waals surface area contributed by atoms with Gasteiger partial charge in [0.1, 0.15) is 5.75 Å². The summed E-state index contributed by atoms with van der Waals surface area (Å²) in [5, 5.41) is 0.657. The van der Waals surface area contributed by atoms with Crippen LogP contribution in [0.15, 0.2) is 30.9 Å². The second-order valence-corrected chi connectivity index (χ2v) is 3.20. The number of hydrogen-bond donors (Lipinski definition) is 0. The molecule has 0 fully saturated rings. The van der Waals surface area contributed by atoms with Crippen LogP contribution < -0.4 is 4.74 Å². The van der Waals surface area contributed by atoms with Crippen molar-refractivity contribution in [2.75, 3.05) is 7.11 Å². The van der Waals surface area contributed by atoms with E-state index in [1.165, 1.54) is 0 Å². The van der Waals surface area contributed by atoms with Crippen molar-refractivity contribution in [2.24, 2.45) is 0 Å². The van der Waals surface area contributed by atoms with Crippen LogP contribution in [0.2, 0.25) is 5.02 Å². The van der Waals surface area contributed by atoms with Crippen LogP contribution in [0.4, 0.5) is 0 Å². The van der Waals surface area contributed by atoms with Gasteiger partial charge in [0, 0.05) is 10.9 Å². The van der Waals surface area contributed by atoms with E-state index in [2.05, 4.69) is 13.5 Å². The first-order valence-electron chi connectivity index (χ1n) is 3.97. The van der Waals surface area contributed by atoms with Crippen LogP contribution in [0, 0.1) is 6.92 Å². The molecule has 1 aromatic carbocycles. The first kappa shape index (κ1) is 10.1. The van der Waals surface area contributed by atoms with Gasteiger partial charge in [0.25, 0.3) is 0 Å². The Bertz CT molecular complexity index is 307. The second kappa shape index (κ2) is 4.33. The van der Waals surface area contributed by atoms with Gasteiger partial charge < -0.3 is 4.74 Å². The predicted molar refractivity (Wildman–Crippen MR) is 56.3 cm³/mol. The number of hydrogen-bond acceptors (Lipinski definition) is 1. The van der Waals surface area contributed by atoms with Crippen LogP contribution in [0.5, 0.6) is 5.75 Å². The molecule has 1 rings (SSSR count). The molecule has 0 saturated heterocycles. The van der Waals surface area contributed by atoms with Crippen LogP contribution in [-0.2, 0) is 0 Å². The van der Waals surface area contributed by atoms with Gasteiger partial charge in [-0.2, -0.15) is 0 Å². The van der Waals surface area contributed by atoms with E-state index in [1.807, 2.05) is 12.1 Å². The van der Waals surface area contributed by atoms with Crippen molar-refractivity contribution in [1.29, 1.82) is 0 Å². The van der Waals surface area contributed by atoms with E-state index in [4.69, 9.17) is 16.3 Å². The first-order chi connectivity index (χ1) is 6.17. The molecule has 1 unspecified atom stereocenters. The number of rotatable bonds is 3. The molecule has 0 saturated carbocycles. The Morgan fingerprint density at radius 2 is 2.15 bits per heavy atom. The van der Waals surface area contributed by atoms with E-state index >= 15 is 0 Å². The lowest BCUT2D eigenvalue weighted by atomic mass is 10.0. The van der Waals surface area contributed by atoms with Crippen LogP contribution in [0.25, 0.3) is 0 Å². The molecule has 0 aromatic heterocycles. The van der Waals surface area contributed by atoms with Gasteiger partial charge in [-0.1, -0.05) is 17.7 Å². The molecule has 0 aliphatic rings. The summed E-state index contributed by atoms with van der Waals surface area (Å²) in [5.74, 6) is 0.797. The fourth-order valence-corrected chi connectivity index (χ4v) is 1.29. The molecule has 0 heterocycles. The van der Waals surface area contributed by atoms with Gasteiger partial charge in [0.2, 0.25) is 0 Å². The Balaban J connectivity index is 3.07. The molecule has 0 amide bonds. The minimum absolute atomic E-state index is 0.0487. The van der Waals surface area contributed by atoms with Gasteiger partial charge >= 0.3 is 0 Å². The van der Waals surface area contributed by atoms with E-state index in [9.17, 15) is 0 Å². The third-order valence-corrected chi connectivity index (χ3v) is 2.06. The molecule has 1 radical (unpaired) electrons. The number of ether oxygens (including phenoxy) is 1. The Hall–Kier alpha value is -0.950. The van der Waals surface area contributed by atoms with Crippen LogP contribution >= 0.6 is 11.6 Å². The fourth-order valence-electron chi connectivity index (χ4n) is 1.05. The molecule has 0 bridgehead atoms. The molecule has 1 nitrogen and oxygen atoms in total. The van der Waals surface area contributed by atoms with Crippen molar-refractivity contribution >= 4 is 11.6 Å². The maximum atomic E-state index is 5.89. The molecule has 0 N–H and O–H groups in total. The summed E-state index contributed by atoms with van der Waals surface area (Å²) < 4.78 is 5.08. The van der Waals surface area contributed by atoms with Crippen LogP contribution in [-0.4, -0.2) is 7.11 Å². The van der Waals surface area contributed by atoms with Gasteiger partial charge in [-0.25, -0.2) is 0 Å². The molecule has 0 aliphatic carbocycles. The molecular formula is C11H12ClO. The van der Waals surface area contributed by atoms with Crippen molar-refractivity contribution in [3.05, 3.63) is 48.4 Å². The molecule has 1 atom stereocenters. The van der Waals surface area contributed by atoms with Gasteiger partial charge in [-0.3, -0.25) is 0 Å². The summed E-state index contributed by atoms with van der Waals surface area (Å²) in [6, 6.07) is 5.54. The largest absolute Gasteiger partial charge is 0.497 e. The lowest BCUT2D eigenvalue weighted by Crippen LogP contribution is -1.91. The smallest absolute Gasteiger partial charge is 0.120 e. The molecule has 0 spiro atoms. The predicted octanol–water partition coefficient (Wildman–Crippen LogP) is 3.45. The Kier molecular flexibility index (Phi) is 3.38. The minimum Gasteiger partial charge on any atom is -0.497 e. The molecule has 1 aromatic rings. The number of benzene rings is 1.